The van der Waals surface area contributed by atoms with E-state index in [4.69, 9.17) is 9.84 Å². The zero-order valence-electron chi connectivity index (χ0n) is 14.7. The van der Waals surface area contributed by atoms with Crippen LogP contribution in [-0.4, -0.2) is 42.9 Å². The van der Waals surface area contributed by atoms with Crippen LogP contribution in [0.4, 0.5) is 0 Å². The molecule has 130 valence electrons. The lowest BCUT2D eigenvalue weighted by Gasteiger charge is -2.32. The fourth-order valence-electron chi connectivity index (χ4n) is 3.22. The number of hydrogen-bond acceptors (Lipinski definition) is 3. The second kappa shape index (κ2) is 8.82. The van der Waals surface area contributed by atoms with Gasteiger partial charge in [0.25, 0.3) is 0 Å². The molecule has 3 nitrogen and oxygen atoms in total. The molecular formula is C22H25NO2. The normalized spacial score (nSPS) is 16.1. The molecule has 0 aromatic heterocycles. The Hall–Kier alpha value is -2.12. The summed E-state index contributed by atoms with van der Waals surface area (Å²) in [6.45, 7) is 5.50. The number of nitrogens with zero attached hydrogens (tertiary/aromatic N) is 1. The van der Waals surface area contributed by atoms with E-state index in [2.05, 4.69) is 72.2 Å². The lowest BCUT2D eigenvalue weighted by Crippen LogP contribution is -2.38. The average molecular weight is 335 g/mol. The molecule has 0 radical (unpaired) electrons. The summed E-state index contributed by atoms with van der Waals surface area (Å²) in [6, 6.07) is 17.2. The van der Waals surface area contributed by atoms with E-state index in [1.165, 1.54) is 22.3 Å². The van der Waals surface area contributed by atoms with Crippen LogP contribution >= 0.6 is 0 Å². The van der Waals surface area contributed by atoms with Crippen LogP contribution in [0, 0.1) is 18.8 Å². The predicted molar refractivity (Wildman–Crippen MR) is 101 cm³/mol. The van der Waals surface area contributed by atoms with Crippen molar-refractivity contribution >= 4 is 0 Å². The molecule has 1 heterocycles. The molecule has 0 saturated carbocycles. The van der Waals surface area contributed by atoms with Gasteiger partial charge in [-0.1, -0.05) is 54.3 Å². The topological polar surface area (TPSA) is 32.7 Å². The zero-order chi connectivity index (χ0) is 17.5. The van der Waals surface area contributed by atoms with Gasteiger partial charge in [0.1, 0.15) is 0 Å². The summed E-state index contributed by atoms with van der Waals surface area (Å²) in [4.78, 5) is 2.37. The fourth-order valence-corrected chi connectivity index (χ4v) is 3.22. The Morgan fingerprint density at radius 2 is 1.92 bits per heavy atom. The van der Waals surface area contributed by atoms with Crippen molar-refractivity contribution in [3.05, 3.63) is 59.7 Å². The molecule has 1 aliphatic rings. The molecule has 0 amide bonds. The quantitative estimate of drug-likeness (QED) is 0.869. The van der Waals surface area contributed by atoms with Gasteiger partial charge in [-0.3, -0.25) is 4.90 Å². The second-order valence-corrected chi connectivity index (χ2v) is 6.29. The molecule has 3 rings (SSSR count). The molecule has 0 aliphatic carbocycles. The van der Waals surface area contributed by atoms with Gasteiger partial charge in [-0.25, -0.2) is 0 Å². The highest BCUT2D eigenvalue weighted by Crippen LogP contribution is 2.28. The molecule has 1 fully saturated rings. The molecular weight excluding hydrogens is 310 g/mol. The van der Waals surface area contributed by atoms with E-state index in [0.29, 0.717) is 6.42 Å². The van der Waals surface area contributed by atoms with Crippen molar-refractivity contribution in [2.75, 3.05) is 32.9 Å². The van der Waals surface area contributed by atoms with Crippen LogP contribution in [0.5, 0.6) is 0 Å². The maximum atomic E-state index is 9.05. The Morgan fingerprint density at radius 3 is 2.68 bits per heavy atom. The van der Waals surface area contributed by atoms with E-state index in [9.17, 15) is 0 Å². The molecule has 1 saturated heterocycles. The van der Waals surface area contributed by atoms with E-state index in [1.54, 1.807) is 0 Å². The third kappa shape index (κ3) is 4.49. The van der Waals surface area contributed by atoms with Crippen LogP contribution in [0.15, 0.2) is 48.5 Å². The van der Waals surface area contributed by atoms with Gasteiger partial charge in [0, 0.05) is 19.5 Å². The van der Waals surface area contributed by atoms with E-state index >= 15 is 0 Å². The Bertz CT molecular complexity index is 754. The molecule has 1 N–H and O–H groups in total. The fraction of sp³-hybridized carbons (Fsp3) is 0.364. The maximum absolute atomic E-state index is 9.05. The number of rotatable bonds is 4. The summed E-state index contributed by atoms with van der Waals surface area (Å²) < 4.78 is 5.49. The Morgan fingerprint density at radius 1 is 1.12 bits per heavy atom. The molecule has 2 aromatic rings. The SMILES string of the molecule is Cc1ccccc1-c1cccc([C@@H](C#CCCO)N2CCOCC2)c1. The molecule has 3 heteroatoms. The highest BCUT2D eigenvalue weighted by atomic mass is 16.5. The minimum Gasteiger partial charge on any atom is -0.395 e. The van der Waals surface area contributed by atoms with Crippen molar-refractivity contribution in [1.82, 2.24) is 4.90 Å². The minimum absolute atomic E-state index is 0.0411. The summed E-state index contributed by atoms with van der Waals surface area (Å²) in [5.74, 6) is 6.48. The molecule has 0 unspecified atom stereocenters. The first-order valence-electron chi connectivity index (χ1n) is 8.86. The van der Waals surface area contributed by atoms with Crippen LogP contribution in [0.25, 0.3) is 11.1 Å². The lowest BCUT2D eigenvalue weighted by molar-refractivity contribution is 0.0269. The number of aryl methyl sites for hydroxylation is 1. The number of aliphatic hydroxyl groups excluding tert-OH is 1. The van der Waals surface area contributed by atoms with Crippen LogP contribution in [0.2, 0.25) is 0 Å². The van der Waals surface area contributed by atoms with Gasteiger partial charge < -0.3 is 9.84 Å². The summed E-state index contributed by atoms with van der Waals surface area (Å²) in [6.07, 6.45) is 0.512. The van der Waals surface area contributed by atoms with Gasteiger partial charge in [-0.2, -0.15) is 0 Å². The first-order chi connectivity index (χ1) is 12.3. The summed E-state index contributed by atoms with van der Waals surface area (Å²) >= 11 is 0. The monoisotopic (exact) mass is 335 g/mol. The van der Waals surface area contributed by atoms with Crippen LogP contribution < -0.4 is 0 Å². The number of ether oxygens (including phenoxy) is 1. The van der Waals surface area contributed by atoms with Crippen LogP contribution in [-0.2, 0) is 4.74 Å². The number of aliphatic hydroxyl groups is 1. The largest absolute Gasteiger partial charge is 0.395 e. The van der Waals surface area contributed by atoms with E-state index in [1.807, 2.05) is 0 Å². The van der Waals surface area contributed by atoms with E-state index in [0.717, 1.165) is 26.3 Å². The van der Waals surface area contributed by atoms with Gasteiger partial charge in [0.15, 0.2) is 0 Å². The predicted octanol–water partition coefficient (Wildman–Crippen LogP) is 3.42. The molecule has 0 bridgehead atoms. The third-order valence-electron chi connectivity index (χ3n) is 4.54. The smallest absolute Gasteiger partial charge is 0.0972 e. The van der Waals surface area contributed by atoms with Crippen molar-refractivity contribution in [3.8, 4) is 23.0 Å². The third-order valence-corrected chi connectivity index (χ3v) is 4.54. The Labute approximate surface area is 150 Å². The molecule has 1 aliphatic heterocycles. The van der Waals surface area contributed by atoms with E-state index < -0.39 is 0 Å². The summed E-state index contributed by atoms with van der Waals surface area (Å²) in [5.41, 5.74) is 4.95. The minimum atomic E-state index is 0.0411. The zero-order valence-corrected chi connectivity index (χ0v) is 14.7. The summed E-state index contributed by atoms with van der Waals surface area (Å²) in [7, 11) is 0. The van der Waals surface area contributed by atoms with E-state index in [-0.39, 0.29) is 12.6 Å². The second-order valence-electron chi connectivity index (χ2n) is 6.29. The van der Waals surface area contributed by atoms with Crippen LogP contribution in [0.3, 0.4) is 0 Å². The first kappa shape index (κ1) is 17.7. The first-order valence-corrected chi connectivity index (χ1v) is 8.86. The molecule has 25 heavy (non-hydrogen) atoms. The number of benzene rings is 2. The van der Waals surface area contributed by atoms with Crippen molar-refractivity contribution in [2.24, 2.45) is 0 Å². The number of hydrogen-bond donors (Lipinski definition) is 1. The Kier molecular flexibility index (Phi) is 6.25. The maximum Gasteiger partial charge on any atom is 0.0972 e. The van der Waals surface area contributed by atoms with Gasteiger partial charge >= 0.3 is 0 Å². The van der Waals surface area contributed by atoms with Gasteiger partial charge in [0.2, 0.25) is 0 Å². The van der Waals surface area contributed by atoms with Crippen LogP contribution in [0.1, 0.15) is 23.6 Å². The lowest BCUT2D eigenvalue weighted by atomic mass is 9.96. The van der Waals surface area contributed by atoms with Gasteiger partial charge in [-0.05, 0) is 35.2 Å². The molecule has 0 spiro atoms. The van der Waals surface area contributed by atoms with Gasteiger partial charge in [0.05, 0.1) is 25.9 Å². The van der Waals surface area contributed by atoms with Crippen molar-refractivity contribution < 1.29 is 9.84 Å². The highest BCUT2D eigenvalue weighted by molar-refractivity contribution is 5.68. The highest BCUT2D eigenvalue weighted by Gasteiger charge is 2.21. The van der Waals surface area contributed by atoms with Crippen molar-refractivity contribution in [2.45, 2.75) is 19.4 Å². The Balaban J connectivity index is 1.94. The standard InChI is InChI=1S/C22H25NO2/c1-18-7-2-3-10-21(18)19-8-6-9-20(17-19)22(11-4-5-14-24)23-12-15-25-16-13-23/h2-3,6-10,17,22,24H,5,12-16H2,1H3/t22-/m1/s1. The summed E-state index contributed by atoms with van der Waals surface area (Å²) in [5, 5.41) is 9.05. The van der Waals surface area contributed by atoms with Crippen molar-refractivity contribution in [3.63, 3.8) is 0 Å². The van der Waals surface area contributed by atoms with Gasteiger partial charge in [-0.15, -0.1) is 0 Å². The average Bonchev–Trinajstić information content (AvgIpc) is 2.66. The van der Waals surface area contributed by atoms with Crippen molar-refractivity contribution in [1.29, 1.82) is 0 Å². The number of morpholine rings is 1. The molecule has 2 aromatic carbocycles. The molecule has 1 atom stereocenters.